The first-order valence-electron chi connectivity index (χ1n) is 11.5. The largest absolute Gasteiger partial charge is 0.454 e. The molecule has 0 aromatic heterocycles. The van der Waals surface area contributed by atoms with Crippen LogP contribution < -0.4 is 14.8 Å². The Bertz CT molecular complexity index is 1310. The number of ether oxygens (including phenoxy) is 2. The lowest BCUT2D eigenvalue weighted by molar-refractivity contribution is -0.137. The van der Waals surface area contributed by atoms with E-state index < -0.39 is 23.2 Å². The second kappa shape index (κ2) is 10.0. The van der Waals surface area contributed by atoms with Crippen LogP contribution in [0.5, 0.6) is 11.5 Å². The predicted octanol–water partition coefficient (Wildman–Crippen LogP) is 5.32. The van der Waals surface area contributed by atoms with Crippen molar-refractivity contribution in [3.8, 4) is 11.5 Å². The first-order chi connectivity index (χ1) is 17.7. The summed E-state index contributed by atoms with van der Waals surface area (Å²) in [4.78, 5) is 28.4. The van der Waals surface area contributed by atoms with E-state index in [9.17, 15) is 22.8 Å². The van der Waals surface area contributed by atoms with Gasteiger partial charge in [0.1, 0.15) is 11.4 Å². The van der Waals surface area contributed by atoms with Gasteiger partial charge in [-0.05, 0) is 54.4 Å². The maximum absolute atomic E-state index is 13.6. The highest BCUT2D eigenvalue weighted by Gasteiger charge is 2.43. The summed E-state index contributed by atoms with van der Waals surface area (Å²) in [5.41, 5.74) is 1.93. The first kappa shape index (κ1) is 25.0. The molecule has 2 aliphatic heterocycles. The van der Waals surface area contributed by atoms with Gasteiger partial charge in [0, 0.05) is 17.9 Å². The highest BCUT2D eigenvalue weighted by molar-refractivity contribution is 7.99. The van der Waals surface area contributed by atoms with Crippen LogP contribution in [0.1, 0.15) is 38.0 Å². The van der Waals surface area contributed by atoms with Gasteiger partial charge in [-0.1, -0.05) is 35.9 Å². The third-order valence-electron chi connectivity index (χ3n) is 6.26. The van der Waals surface area contributed by atoms with Crippen molar-refractivity contribution in [1.82, 2.24) is 10.2 Å². The van der Waals surface area contributed by atoms with E-state index in [1.807, 2.05) is 13.0 Å². The zero-order chi connectivity index (χ0) is 26.2. The minimum Gasteiger partial charge on any atom is -0.454 e. The molecule has 3 aromatic carbocycles. The second-order valence-corrected chi connectivity index (χ2v) is 9.92. The fraction of sp³-hybridized carbons (Fsp3) is 0.259. The molecule has 37 heavy (non-hydrogen) atoms. The monoisotopic (exact) mass is 528 g/mol. The third-order valence-corrected chi connectivity index (χ3v) is 7.59. The summed E-state index contributed by atoms with van der Waals surface area (Å²) in [5.74, 6) is 0.826. The Hall–Kier alpha value is -3.66. The molecule has 2 aliphatic rings. The molecule has 0 aliphatic carbocycles. The Morgan fingerprint density at radius 1 is 1.00 bits per heavy atom. The Kier molecular flexibility index (Phi) is 6.76. The van der Waals surface area contributed by atoms with Crippen molar-refractivity contribution < 1.29 is 32.2 Å². The quantitative estimate of drug-likeness (QED) is 0.486. The first-order valence-corrected chi connectivity index (χ1v) is 12.6. The number of carbonyl (C=O) groups is 2. The summed E-state index contributed by atoms with van der Waals surface area (Å²) in [6.45, 7) is 2.26. The highest BCUT2D eigenvalue weighted by atomic mass is 32.2. The van der Waals surface area contributed by atoms with Gasteiger partial charge in [0.15, 0.2) is 11.5 Å². The van der Waals surface area contributed by atoms with E-state index in [-0.39, 0.29) is 25.2 Å². The number of nitrogens with one attached hydrogen (secondary N) is 1. The van der Waals surface area contributed by atoms with Gasteiger partial charge in [-0.2, -0.15) is 13.2 Å². The number of carbonyl (C=O) groups excluding carboxylic acids is 2. The summed E-state index contributed by atoms with van der Waals surface area (Å²) >= 11 is 1.34. The van der Waals surface area contributed by atoms with E-state index >= 15 is 0 Å². The lowest BCUT2D eigenvalue weighted by Gasteiger charge is -2.29. The molecule has 1 fully saturated rings. The summed E-state index contributed by atoms with van der Waals surface area (Å²) < 4.78 is 49.9. The van der Waals surface area contributed by atoms with Crippen molar-refractivity contribution >= 4 is 23.6 Å². The molecule has 2 heterocycles. The highest BCUT2D eigenvalue weighted by Crippen LogP contribution is 2.43. The van der Waals surface area contributed by atoms with Crippen LogP contribution in [0, 0.1) is 6.92 Å². The second-order valence-electron chi connectivity index (χ2n) is 8.81. The number of halogens is 3. The van der Waals surface area contributed by atoms with Crippen molar-refractivity contribution in [3.63, 3.8) is 0 Å². The van der Waals surface area contributed by atoms with Gasteiger partial charge in [-0.25, -0.2) is 0 Å². The molecular weight excluding hydrogens is 505 g/mol. The van der Waals surface area contributed by atoms with E-state index in [1.165, 1.54) is 28.8 Å². The van der Waals surface area contributed by atoms with Crippen LogP contribution in [0.2, 0.25) is 0 Å². The molecular formula is C27H23F3N2O4S. The van der Waals surface area contributed by atoms with Crippen molar-refractivity contribution in [2.45, 2.75) is 31.1 Å². The third kappa shape index (κ3) is 5.24. The summed E-state index contributed by atoms with van der Waals surface area (Å²) in [7, 11) is 0. The van der Waals surface area contributed by atoms with Crippen molar-refractivity contribution in [2.24, 2.45) is 0 Å². The molecule has 0 spiro atoms. The smallest absolute Gasteiger partial charge is 0.416 e. The van der Waals surface area contributed by atoms with Gasteiger partial charge in [-0.3, -0.25) is 9.59 Å². The maximum Gasteiger partial charge on any atom is 0.416 e. The lowest BCUT2D eigenvalue weighted by Crippen LogP contribution is -2.47. The van der Waals surface area contributed by atoms with Crippen molar-refractivity contribution in [2.75, 3.05) is 12.5 Å². The van der Waals surface area contributed by atoms with Gasteiger partial charge in [0.05, 0.1) is 5.56 Å². The van der Waals surface area contributed by atoms with E-state index in [2.05, 4.69) is 5.32 Å². The fourth-order valence-corrected chi connectivity index (χ4v) is 5.68. The number of thioether (sulfide) groups is 1. The van der Waals surface area contributed by atoms with Crippen LogP contribution in [0.4, 0.5) is 13.2 Å². The molecule has 0 saturated carbocycles. The zero-order valence-electron chi connectivity index (χ0n) is 19.7. The molecule has 3 aromatic rings. The molecule has 192 valence electrons. The Morgan fingerprint density at radius 2 is 1.70 bits per heavy atom. The van der Waals surface area contributed by atoms with Crippen LogP contribution in [0.3, 0.4) is 0 Å². The number of hydrogen-bond donors (Lipinski definition) is 1. The predicted molar refractivity (Wildman–Crippen MR) is 132 cm³/mol. The zero-order valence-corrected chi connectivity index (χ0v) is 20.6. The molecule has 6 nitrogen and oxygen atoms in total. The Balaban J connectivity index is 1.38. The van der Waals surface area contributed by atoms with E-state index in [1.54, 1.807) is 36.4 Å². The average molecular weight is 529 g/mol. The number of alkyl halides is 3. The summed E-state index contributed by atoms with van der Waals surface area (Å²) in [6, 6.07) is 16.3. The van der Waals surface area contributed by atoms with Crippen molar-refractivity contribution in [1.29, 1.82) is 0 Å². The maximum atomic E-state index is 13.6. The van der Waals surface area contributed by atoms with Crippen LogP contribution >= 0.6 is 11.8 Å². The average Bonchev–Trinajstić information content (AvgIpc) is 3.54. The van der Waals surface area contributed by atoms with E-state index in [4.69, 9.17) is 9.47 Å². The number of nitrogens with zero attached hydrogens (tertiary/aromatic N) is 1. The van der Waals surface area contributed by atoms with E-state index in [0.717, 1.165) is 23.3 Å². The van der Waals surface area contributed by atoms with Crippen LogP contribution in [0.15, 0.2) is 66.7 Å². The van der Waals surface area contributed by atoms with Crippen LogP contribution in [-0.4, -0.2) is 35.3 Å². The number of aryl methyl sites for hydroxylation is 1. The SMILES string of the molecule is Cc1ccc(C(=O)N2C(C(=O)NCc3ccc4c(c3)OCO4)CSC2c2ccc(C(F)(F)F)cc2)cc1. The number of amides is 2. The van der Waals surface area contributed by atoms with Gasteiger partial charge < -0.3 is 19.7 Å². The minimum absolute atomic E-state index is 0.145. The van der Waals surface area contributed by atoms with E-state index in [0.29, 0.717) is 28.4 Å². The number of benzene rings is 3. The molecule has 2 amide bonds. The Labute approximate surface area is 215 Å². The standard InChI is InChI=1S/C27H23F3N2O4S/c1-16-2-5-18(6-3-16)25(34)32-21(14-37-26(32)19-7-9-20(10-8-19)27(28,29)30)24(33)31-13-17-4-11-22-23(12-17)36-15-35-22/h2-12,21,26H,13-15H2,1H3,(H,31,33). The molecule has 0 radical (unpaired) electrons. The fourth-order valence-electron chi connectivity index (χ4n) is 4.25. The molecule has 0 bridgehead atoms. The topological polar surface area (TPSA) is 67.9 Å². The minimum atomic E-state index is -4.46. The summed E-state index contributed by atoms with van der Waals surface area (Å²) in [6.07, 6.45) is -4.46. The summed E-state index contributed by atoms with van der Waals surface area (Å²) in [5, 5.41) is 2.27. The number of hydrogen-bond acceptors (Lipinski definition) is 5. The number of rotatable bonds is 5. The lowest BCUT2D eigenvalue weighted by atomic mass is 10.1. The Morgan fingerprint density at radius 3 is 2.41 bits per heavy atom. The molecule has 2 unspecified atom stereocenters. The van der Waals surface area contributed by atoms with Crippen LogP contribution in [0.25, 0.3) is 0 Å². The normalized spacial score (nSPS) is 18.6. The number of fused-ring (bicyclic) bond motifs is 1. The van der Waals surface area contributed by atoms with Gasteiger partial charge in [0.25, 0.3) is 5.91 Å². The van der Waals surface area contributed by atoms with Crippen molar-refractivity contribution in [3.05, 3.63) is 94.5 Å². The molecule has 10 heteroatoms. The van der Waals surface area contributed by atoms with Gasteiger partial charge >= 0.3 is 6.18 Å². The molecule has 1 N–H and O–H groups in total. The molecule has 1 saturated heterocycles. The molecule has 2 atom stereocenters. The molecule has 5 rings (SSSR count). The van der Waals surface area contributed by atoms with Gasteiger partial charge in [-0.15, -0.1) is 11.8 Å². The van der Waals surface area contributed by atoms with Gasteiger partial charge in [0.2, 0.25) is 12.7 Å². The van der Waals surface area contributed by atoms with Crippen LogP contribution in [-0.2, 0) is 17.5 Å².